The van der Waals surface area contributed by atoms with Crippen LogP contribution in [0.25, 0.3) is 10.2 Å². The number of oxime groups is 1. The molecule has 7 nitrogen and oxygen atoms in total. The Morgan fingerprint density at radius 1 is 1.13 bits per heavy atom. The quantitative estimate of drug-likeness (QED) is 0.301. The van der Waals surface area contributed by atoms with Crippen molar-refractivity contribution in [2.75, 3.05) is 19.0 Å². The van der Waals surface area contributed by atoms with Gasteiger partial charge in [0, 0.05) is 29.8 Å². The van der Waals surface area contributed by atoms with E-state index in [1.165, 1.54) is 24.0 Å². The highest BCUT2D eigenvalue weighted by molar-refractivity contribution is 7.17. The second-order valence-corrected chi connectivity index (χ2v) is 7.52. The van der Waals surface area contributed by atoms with Crippen molar-refractivity contribution >= 4 is 45.2 Å². The predicted octanol–water partition coefficient (Wildman–Crippen LogP) is 5.17. The van der Waals surface area contributed by atoms with Gasteiger partial charge in [-0.05, 0) is 30.2 Å². The minimum absolute atomic E-state index is 0.513. The van der Waals surface area contributed by atoms with Crippen LogP contribution in [-0.2, 0) is 11.3 Å². The van der Waals surface area contributed by atoms with Crippen LogP contribution in [0.2, 0.25) is 5.02 Å². The molecular formula is C21H18ClN5O2S. The molecule has 3 aromatic heterocycles. The molecule has 0 aliphatic rings. The van der Waals surface area contributed by atoms with Crippen LogP contribution in [0.5, 0.6) is 11.6 Å². The van der Waals surface area contributed by atoms with Gasteiger partial charge in [0.2, 0.25) is 5.88 Å². The van der Waals surface area contributed by atoms with Gasteiger partial charge in [0.25, 0.3) is 0 Å². The molecule has 0 fully saturated rings. The van der Waals surface area contributed by atoms with Crippen LogP contribution < -0.4 is 10.1 Å². The van der Waals surface area contributed by atoms with E-state index in [9.17, 15) is 0 Å². The van der Waals surface area contributed by atoms with E-state index in [-0.39, 0.29) is 0 Å². The van der Waals surface area contributed by atoms with Crippen molar-refractivity contribution in [3.8, 4) is 11.6 Å². The van der Waals surface area contributed by atoms with Gasteiger partial charge in [0.1, 0.15) is 29.8 Å². The third-order valence-corrected chi connectivity index (χ3v) is 5.56. The Bertz CT molecular complexity index is 1150. The fourth-order valence-electron chi connectivity index (χ4n) is 2.79. The summed E-state index contributed by atoms with van der Waals surface area (Å²) in [5.74, 6) is 2.00. The van der Waals surface area contributed by atoms with E-state index in [0.717, 1.165) is 40.3 Å². The number of anilines is 1. The highest BCUT2D eigenvalue weighted by Gasteiger charge is 2.09. The molecule has 1 N–H and O–H groups in total. The monoisotopic (exact) mass is 439 g/mol. The third kappa shape index (κ3) is 4.84. The second-order valence-electron chi connectivity index (χ2n) is 6.26. The summed E-state index contributed by atoms with van der Waals surface area (Å²) in [5.41, 5.74) is 2.01. The molecule has 1 aromatic carbocycles. The van der Waals surface area contributed by atoms with Gasteiger partial charge in [0.15, 0.2) is 0 Å². The molecule has 30 heavy (non-hydrogen) atoms. The smallest absolute Gasteiger partial charge is 0.219 e. The van der Waals surface area contributed by atoms with E-state index in [4.69, 9.17) is 16.3 Å². The van der Waals surface area contributed by atoms with E-state index in [0.29, 0.717) is 10.9 Å². The predicted molar refractivity (Wildman–Crippen MR) is 120 cm³/mol. The molecule has 152 valence electrons. The summed E-state index contributed by atoms with van der Waals surface area (Å²) >= 11 is 7.76. The number of rotatable bonds is 8. The van der Waals surface area contributed by atoms with Crippen LogP contribution in [-0.4, -0.2) is 34.8 Å². The minimum Gasteiger partial charge on any atom is -0.439 e. The fourth-order valence-corrected chi connectivity index (χ4v) is 3.92. The normalized spacial score (nSPS) is 11.1. The van der Waals surface area contributed by atoms with Gasteiger partial charge < -0.3 is 14.9 Å². The zero-order valence-corrected chi connectivity index (χ0v) is 17.7. The van der Waals surface area contributed by atoms with Crippen molar-refractivity contribution in [3.63, 3.8) is 0 Å². The first-order valence-electron chi connectivity index (χ1n) is 9.14. The first kappa shape index (κ1) is 20.1. The SMILES string of the molecule is CO/N=C\c1ccc(Oc2ccc(CCNc3ncnc4scc(Cl)c34)cc2)nc1. The van der Waals surface area contributed by atoms with Gasteiger partial charge in [-0.3, -0.25) is 0 Å². The zero-order chi connectivity index (χ0) is 20.8. The molecule has 0 saturated heterocycles. The topological polar surface area (TPSA) is 81.5 Å². The Kier molecular flexibility index (Phi) is 6.36. The molecule has 0 bridgehead atoms. The number of halogens is 1. The van der Waals surface area contributed by atoms with E-state index >= 15 is 0 Å². The maximum atomic E-state index is 6.25. The van der Waals surface area contributed by atoms with Crippen molar-refractivity contribution in [2.24, 2.45) is 5.16 Å². The zero-order valence-electron chi connectivity index (χ0n) is 16.1. The Hall–Kier alpha value is -3.23. The molecular weight excluding hydrogens is 422 g/mol. The summed E-state index contributed by atoms with van der Waals surface area (Å²) in [6.07, 6.45) is 5.63. The number of nitrogens with one attached hydrogen (secondary N) is 1. The summed E-state index contributed by atoms with van der Waals surface area (Å²) in [6, 6.07) is 11.6. The van der Waals surface area contributed by atoms with Crippen LogP contribution >= 0.6 is 22.9 Å². The van der Waals surface area contributed by atoms with E-state index in [1.54, 1.807) is 24.8 Å². The lowest BCUT2D eigenvalue weighted by Crippen LogP contribution is -2.06. The molecule has 0 spiro atoms. The minimum atomic E-state index is 0.513. The number of hydrogen-bond acceptors (Lipinski definition) is 8. The highest BCUT2D eigenvalue weighted by atomic mass is 35.5. The maximum absolute atomic E-state index is 6.25. The first-order chi connectivity index (χ1) is 14.7. The van der Waals surface area contributed by atoms with Gasteiger partial charge in [-0.25, -0.2) is 15.0 Å². The van der Waals surface area contributed by atoms with Crippen LogP contribution in [0.4, 0.5) is 5.82 Å². The largest absolute Gasteiger partial charge is 0.439 e. The molecule has 4 aromatic rings. The first-order valence-corrected chi connectivity index (χ1v) is 10.4. The number of benzene rings is 1. The van der Waals surface area contributed by atoms with Gasteiger partial charge in [0.05, 0.1) is 16.6 Å². The Morgan fingerprint density at radius 3 is 2.77 bits per heavy atom. The van der Waals surface area contributed by atoms with Crippen molar-refractivity contribution in [2.45, 2.75) is 6.42 Å². The average molecular weight is 440 g/mol. The number of fused-ring (bicyclic) bond motifs is 1. The maximum Gasteiger partial charge on any atom is 0.219 e. The summed E-state index contributed by atoms with van der Waals surface area (Å²) < 4.78 is 5.79. The van der Waals surface area contributed by atoms with Crippen LogP contribution in [0.3, 0.4) is 0 Å². The molecule has 0 amide bonds. The molecule has 0 unspecified atom stereocenters. The number of nitrogens with zero attached hydrogens (tertiary/aromatic N) is 4. The van der Waals surface area contributed by atoms with Crippen LogP contribution in [0.15, 0.2) is 59.5 Å². The highest BCUT2D eigenvalue weighted by Crippen LogP contribution is 2.32. The summed E-state index contributed by atoms with van der Waals surface area (Å²) in [4.78, 5) is 18.3. The third-order valence-electron chi connectivity index (χ3n) is 4.24. The summed E-state index contributed by atoms with van der Waals surface area (Å²) in [5, 5.41) is 10.5. The van der Waals surface area contributed by atoms with Crippen LogP contribution in [0, 0.1) is 0 Å². The molecule has 9 heteroatoms. The number of hydrogen-bond donors (Lipinski definition) is 1. The molecule has 0 atom stereocenters. The summed E-state index contributed by atoms with van der Waals surface area (Å²) in [7, 11) is 1.50. The molecule has 0 radical (unpaired) electrons. The molecule has 0 aliphatic carbocycles. The lowest BCUT2D eigenvalue weighted by atomic mass is 10.1. The lowest BCUT2D eigenvalue weighted by Gasteiger charge is -2.08. The van der Waals surface area contributed by atoms with Gasteiger partial charge in [-0.15, -0.1) is 11.3 Å². The van der Waals surface area contributed by atoms with Crippen molar-refractivity contribution < 1.29 is 9.57 Å². The van der Waals surface area contributed by atoms with Crippen molar-refractivity contribution in [3.05, 3.63) is 70.5 Å². The number of ether oxygens (including phenoxy) is 1. The Labute approximate surface area is 182 Å². The number of aromatic nitrogens is 3. The Balaban J connectivity index is 1.32. The van der Waals surface area contributed by atoms with Crippen molar-refractivity contribution in [1.82, 2.24) is 15.0 Å². The molecule has 0 aliphatic heterocycles. The number of thiophene rings is 1. The summed E-state index contributed by atoms with van der Waals surface area (Å²) in [6.45, 7) is 0.727. The van der Waals surface area contributed by atoms with E-state index in [1.807, 2.05) is 35.7 Å². The van der Waals surface area contributed by atoms with Gasteiger partial charge in [-0.1, -0.05) is 28.9 Å². The fraction of sp³-hybridized carbons (Fsp3) is 0.143. The van der Waals surface area contributed by atoms with Crippen molar-refractivity contribution in [1.29, 1.82) is 0 Å². The lowest BCUT2D eigenvalue weighted by molar-refractivity contribution is 0.215. The van der Waals surface area contributed by atoms with Gasteiger partial charge in [-0.2, -0.15) is 0 Å². The molecule has 4 rings (SSSR count). The molecule has 3 heterocycles. The second kappa shape index (κ2) is 9.51. The number of pyridine rings is 1. The van der Waals surface area contributed by atoms with E-state index in [2.05, 4.69) is 30.3 Å². The van der Waals surface area contributed by atoms with Gasteiger partial charge >= 0.3 is 0 Å². The molecule has 0 saturated carbocycles. The standard InChI is InChI=1S/C21H18ClN5O2S/c1-28-27-11-15-4-7-18(24-10-15)29-16-5-2-14(3-6-16)8-9-23-20-19-17(22)12-30-21(19)26-13-25-20/h2-7,10-13H,8-9H2,1H3,(H,23,25,26)/b27-11-. The Morgan fingerprint density at radius 2 is 2.00 bits per heavy atom. The van der Waals surface area contributed by atoms with Crippen LogP contribution in [0.1, 0.15) is 11.1 Å². The average Bonchev–Trinajstić information content (AvgIpc) is 3.16. The van der Waals surface area contributed by atoms with E-state index < -0.39 is 0 Å².